The first kappa shape index (κ1) is 22.5. The molecule has 0 fully saturated rings. The van der Waals surface area contributed by atoms with Crippen molar-refractivity contribution in [3.05, 3.63) is 57.6 Å². The Kier molecular flexibility index (Phi) is 5.86. The SMILES string of the molecule is COCCNC(=O)c1ccc2c(c1)S(=O)(=NC(=O)Nc1c3c(cc4c1CCC4)CCC3)NC2=O. The van der Waals surface area contributed by atoms with Crippen LogP contribution in [0.2, 0.25) is 0 Å². The van der Waals surface area contributed by atoms with E-state index >= 15 is 0 Å². The van der Waals surface area contributed by atoms with E-state index < -0.39 is 27.8 Å². The summed E-state index contributed by atoms with van der Waals surface area (Å²) in [6.07, 6.45) is 5.81. The summed E-state index contributed by atoms with van der Waals surface area (Å²) in [4.78, 5) is 37.9. The number of methoxy groups -OCH3 is 1. The van der Waals surface area contributed by atoms with Crippen molar-refractivity contribution >= 4 is 33.4 Å². The van der Waals surface area contributed by atoms with Crippen LogP contribution in [0, 0.1) is 0 Å². The van der Waals surface area contributed by atoms with Gasteiger partial charge in [-0.15, -0.1) is 4.36 Å². The fourth-order valence-electron chi connectivity index (χ4n) is 4.97. The minimum Gasteiger partial charge on any atom is -0.383 e. The molecule has 0 bridgehead atoms. The predicted octanol–water partition coefficient (Wildman–Crippen LogP) is 2.76. The molecule has 34 heavy (non-hydrogen) atoms. The number of ether oxygens (including phenoxy) is 1. The van der Waals surface area contributed by atoms with E-state index in [0.29, 0.717) is 13.2 Å². The first-order valence-corrected chi connectivity index (χ1v) is 12.9. The Hall–Kier alpha value is -3.24. The molecule has 178 valence electrons. The Morgan fingerprint density at radius 2 is 1.79 bits per heavy atom. The van der Waals surface area contributed by atoms with Gasteiger partial charge in [0, 0.05) is 24.9 Å². The fraction of sp³-hybridized carbons (Fsp3) is 0.375. The number of hydrogen-bond acceptors (Lipinski definition) is 5. The second kappa shape index (κ2) is 8.84. The maximum atomic E-state index is 13.6. The van der Waals surface area contributed by atoms with Crippen LogP contribution in [0.1, 0.15) is 55.8 Å². The Labute approximate surface area is 198 Å². The second-order valence-corrected chi connectivity index (χ2v) is 10.6. The van der Waals surface area contributed by atoms with Gasteiger partial charge in [0.05, 0.1) is 17.1 Å². The summed E-state index contributed by atoms with van der Waals surface area (Å²) in [5, 5.41) is 5.56. The van der Waals surface area contributed by atoms with E-state index in [1.165, 1.54) is 36.4 Å². The average molecular weight is 483 g/mol. The van der Waals surface area contributed by atoms with E-state index in [1.807, 2.05) is 0 Å². The Balaban J connectivity index is 1.46. The lowest BCUT2D eigenvalue weighted by molar-refractivity contribution is 0.0934. The quantitative estimate of drug-likeness (QED) is 0.565. The summed E-state index contributed by atoms with van der Waals surface area (Å²) in [7, 11) is -2.06. The molecule has 1 atom stereocenters. The van der Waals surface area contributed by atoms with E-state index in [2.05, 4.69) is 25.8 Å². The molecular weight excluding hydrogens is 456 g/mol. The zero-order valence-electron chi connectivity index (χ0n) is 18.9. The molecule has 9 nitrogen and oxygen atoms in total. The van der Waals surface area contributed by atoms with Crippen molar-refractivity contribution in [2.75, 3.05) is 25.6 Å². The van der Waals surface area contributed by atoms with Crippen LogP contribution >= 0.6 is 0 Å². The van der Waals surface area contributed by atoms with Crippen LogP contribution in [0.5, 0.6) is 0 Å². The van der Waals surface area contributed by atoms with Crippen molar-refractivity contribution in [1.82, 2.24) is 10.0 Å². The van der Waals surface area contributed by atoms with Crippen molar-refractivity contribution in [3.63, 3.8) is 0 Å². The lowest BCUT2D eigenvalue weighted by atomic mass is 9.99. The number of nitrogens with zero attached hydrogens (tertiary/aromatic N) is 1. The number of hydrogen-bond donors (Lipinski definition) is 3. The monoisotopic (exact) mass is 482 g/mol. The van der Waals surface area contributed by atoms with Crippen LogP contribution in [-0.4, -0.2) is 42.3 Å². The molecule has 3 aliphatic rings. The average Bonchev–Trinajstić information content (AvgIpc) is 3.52. The van der Waals surface area contributed by atoms with Gasteiger partial charge in [-0.1, -0.05) is 6.07 Å². The molecule has 4 amide bonds. The highest BCUT2D eigenvalue weighted by atomic mass is 32.2. The molecule has 0 radical (unpaired) electrons. The van der Waals surface area contributed by atoms with Gasteiger partial charge in [-0.2, -0.15) is 0 Å². The molecule has 0 aromatic heterocycles. The normalized spacial score (nSPS) is 19.7. The number of aryl methyl sites for hydroxylation is 2. The van der Waals surface area contributed by atoms with E-state index in [1.54, 1.807) is 0 Å². The highest BCUT2D eigenvalue weighted by Gasteiger charge is 2.33. The van der Waals surface area contributed by atoms with Gasteiger partial charge in [-0.25, -0.2) is 9.00 Å². The first-order valence-electron chi connectivity index (χ1n) is 11.4. The minimum atomic E-state index is -3.58. The van der Waals surface area contributed by atoms with E-state index in [0.717, 1.165) is 55.3 Å². The predicted molar refractivity (Wildman–Crippen MR) is 126 cm³/mol. The zero-order chi connectivity index (χ0) is 23.9. The number of anilines is 1. The number of rotatable bonds is 5. The van der Waals surface area contributed by atoms with Crippen LogP contribution < -0.4 is 15.4 Å². The molecule has 0 saturated heterocycles. The van der Waals surface area contributed by atoms with Crippen molar-refractivity contribution < 1.29 is 23.3 Å². The fourth-order valence-corrected chi connectivity index (χ4v) is 6.61. The smallest absolute Gasteiger partial charge is 0.355 e. The van der Waals surface area contributed by atoms with Gasteiger partial charge in [0.15, 0.2) is 9.92 Å². The van der Waals surface area contributed by atoms with Crippen LogP contribution in [-0.2, 0) is 40.3 Å². The molecule has 0 saturated carbocycles. The standard InChI is InChI=1S/C24H26N4O5S/c1-33-11-10-25-22(29)16-8-9-19-20(13-16)34(32,27-23(19)30)28-24(31)26-21-17-6-2-4-14(17)12-15-5-3-7-18(15)21/h8-9,12-13H,2-7,10-11H2,1H3,(H,25,29)(H2,26,27,28,30,31,32). The maximum Gasteiger partial charge on any atom is 0.355 e. The van der Waals surface area contributed by atoms with Gasteiger partial charge in [-0.3, -0.25) is 14.3 Å². The lowest BCUT2D eigenvalue weighted by Crippen LogP contribution is -2.27. The highest BCUT2D eigenvalue weighted by Crippen LogP contribution is 2.38. The van der Waals surface area contributed by atoms with Crippen molar-refractivity contribution in [2.24, 2.45) is 4.36 Å². The number of urea groups is 1. The third kappa shape index (κ3) is 3.97. The molecule has 0 spiro atoms. The summed E-state index contributed by atoms with van der Waals surface area (Å²) in [5.41, 5.74) is 5.91. The first-order chi connectivity index (χ1) is 16.4. The van der Waals surface area contributed by atoms with Gasteiger partial charge < -0.3 is 15.4 Å². The second-order valence-electron chi connectivity index (χ2n) is 8.67. The molecule has 2 aromatic rings. The van der Waals surface area contributed by atoms with Crippen LogP contribution in [0.3, 0.4) is 0 Å². The largest absolute Gasteiger partial charge is 0.383 e. The number of carbonyl (C=O) groups excluding carboxylic acids is 3. The summed E-state index contributed by atoms with van der Waals surface area (Å²) in [6, 6.07) is 5.73. The number of carbonyl (C=O) groups is 3. The summed E-state index contributed by atoms with van der Waals surface area (Å²) in [6.45, 7) is 0.646. The Morgan fingerprint density at radius 3 is 2.47 bits per heavy atom. The zero-order valence-corrected chi connectivity index (χ0v) is 19.7. The van der Waals surface area contributed by atoms with Crippen LogP contribution in [0.15, 0.2) is 33.5 Å². The summed E-state index contributed by atoms with van der Waals surface area (Å²) >= 11 is 0. The van der Waals surface area contributed by atoms with Crippen molar-refractivity contribution in [3.8, 4) is 0 Å². The number of nitrogens with one attached hydrogen (secondary N) is 3. The lowest BCUT2D eigenvalue weighted by Gasteiger charge is -2.15. The molecule has 10 heteroatoms. The van der Waals surface area contributed by atoms with Crippen LogP contribution in [0.25, 0.3) is 0 Å². The van der Waals surface area contributed by atoms with Crippen LogP contribution in [0.4, 0.5) is 10.5 Å². The molecule has 1 heterocycles. The number of fused-ring (bicyclic) bond motifs is 3. The topological polar surface area (TPSA) is 126 Å². The third-order valence-corrected chi connectivity index (χ3v) is 8.34. The van der Waals surface area contributed by atoms with Crippen molar-refractivity contribution in [1.29, 1.82) is 0 Å². The minimum absolute atomic E-state index is 0.0376. The van der Waals surface area contributed by atoms with Gasteiger partial charge >= 0.3 is 6.03 Å². The van der Waals surface area contributed by atoms with Gasteiger partial charge in [0.25, 0.3) is 11.8 Å². The highest BCUT2D eigenvalue weighted by molar-refractivity contribution is 7.93. The van der Waals surface area contributed by atoms with Gasteiger partial charge in [-0.05, 0) is 79.0 Å². The Bertz CT molecular complexity index is 1310. The van der Waals surface area contributed by atoms with Gasteiger partial charge in [0.2, 0.25) is 0 Å². The molecule has 1 aliphatic heterocycles. The number of amides is 4. The van der Waals surface area contributed by atoms with E-state index in [9.17, 15) is 18.6 Å². The summed E-state index contributed by atoms with van der Waals surface area (Å²) in [5.74, 6) is -0.995. The third-order valence-electron chi connectivity index (χ3n) is 6.53. The van der Waals surface area contributed by atoms with Crippen molar-refractivity contribution in [2.45, 2.75) is 43.4 Å². The summed E-state index contributed by atoms with van der Waals surface area (Å²) < 4.78 is 24.8. The molecule has 3 N–H and O–H groups in total. The molecule has 5 rings (SSSR count). The van der Waals surface area contributed by atoms with E-state index in [4.69, 9.17) is 4.74 Å². The molecule has 1 unspecified atom stereocenters. The molecular formula is C24H26N4O5S. The Morgan fingerprint density at radius 1 is 1.09 bits per heavy atom. The molecule has 2 aromatic carbocycles. The molecule has 2 aliphatic carbocycles. The van der Waals surface area contributed by atoms with E-state index in [-0.39, 0.29) is 16.0 Å². The van der Waals surface area contributed by atoms with Gasteiger partial charge in [0.1, 0.15) is 0 Å². The maximum absolute atomic E-state index is 13.6. The number of benzene rings is 2.